The maximum Gasteiger partial charge on any atom is 0.220 e. The number of benzene rings is 2. The number of hydrogen-bond acceptors (Lipinski definition) is 3. The van der Waals surface area contributed by atoms with Gasteiger partial charge in [0.05, 0.1) is 0 Å². The Morgan fingerprint density at radius 1 is 0.968 bits per heavy atom. The number of hydrogen-bond donors (Lipinski definition) is 1. The number of nitrogens with one attached hydrogen (secondary N) is 1. The van der Waals surface area contributed by atoms with Crippen LogP contribution in [0.3, 0.4) is 0 Å². The van der Waals surface area contributed by atoms with Gasteiger partial charge in [-0.05, 0) is 62.3 Å². The fourth-order valence-corrected chi connectivity index (χ4v) is 4.06. The molecule has 2 aromatic carbocycles. The van der Waals surface area contributed by atoms with E-state index in [-0.39, 0.29) is 36.9 Å². The Morgan fingerprint density at radius 3 is 2.39 bits per heavy atom. The molecular weight excluding hydrogens is 408 g/mol. The van der Waals surface area contributed by atoms with Gasteiger partial charge in [0.15, 0.2) is 5.78 Å². The second kappa shape index (κ2) is 12.6. The zero-order valence-corrected chi connectivity index (χ0v) is 19.5. The molecule has 0 fully saturated rings. The predicted octanol–water partition coefficient (Wildman–Crippen LogP) is 4.63. The Morgan fingerprint density at radius 2 is 1.68 bits per heavy atom. The summed E-state index contributed by atoms with van der Waals surface area (Å²) >= 11 is 0. The summed E-state index contributed by atoms with van der Waals surface area (Å²) in [7, 11) is 0. The number of carbonyl (C=O) groups is 2. The van der Waals surface area contributed by atoms with Crippen molar-refractivity contribution in [3.8, 4) is 0 Å². The number of ketones is 1. The summed E-state index contributed by atoms with van der Waals surface area (Å²) in [6.07, 6.45) is 4.39. The molecule has 3 rings (SSSR count). The molecule has 1 aliphatic heterocycles. The van der Waals surface area contributed by atoms with Crippen LogP contribution in [0, 0.1) is 0 Å². The zero-order chi connectivity index (χ0) is 21.3. The number of fused-ring (bicyclic) bond motifs is 1. The van der Waals surface area contributed by atoms with E-state index in [4.69, 9.17) is 0 Å². The van der Waals surface area contributed by atoms with Gasteiger partial charge in [-0.2, -0.15) is 0 Å². The van der Waals surface area contributed by atoms with Crippen LogP contribution in [0.25, 0.3) is 0 Å². The van der Waals surface area contributed by atoms with E-state index in [0.29, 0.717) is 12.6 Å². The smallest absolute Gasteiger partial charge is 0.220 e. The summed E-state index contributed by atoms with van der Waals surface area (Å²) in [5.41, 5.74) is 4.66. The number of amides is 1. The Hall–Kier alpha value is -2.17. The van der Waals surface area contributed by atoms with Gasteiger partial charge in [-0.25, -0.2) is 0 Å². The van der Waals surface area contributed by atoms with Gasteiger partial charge in [-0.15, -0.1) is 12.4 Å². The van der Waals surface area contributed by atoms with Crippen molar-refractivity contribution < 1.29 is 9.59 Å². The third-order valence-corrected chi connectivity index (χ3v) is 5.98. The van der Waals surface area contributed by atoms with Crippen LogP contribution in [-0.2, 0) is 24.1 Å². The summed E-state index contributed by atoms with van der Waals surface area (Å²) in [6.45, 7) is 7.22. The highest BCUT2D eigenvalue weighted by Crippen LogP contribution is 2.20. The number of rotatable bonds is 9. The molecule has 0 spiro atoms. The Bertz CT molecular complexity index is 852. The molecule has 168 valence electrons. The number of nitrogens with zero attached hydrogens (tertiary/aromatic N) is 1. The molecule has 0 unspecified atom stereocenters. The zero-order valence-electron chi connectivity index (χ0n) is 18.7. The lowest BCUT2D eigenvalue weighted by Crippen LogP contribution is -2.32. The summed E-state index contributed by atoms with van der Waals surface area (Å²) < 4.78 is 0. The monoisotopic (exact) mass is 442 g/mol. The van der Waals surface area contributed by atoms with Gasteiger partial charge in [0, 0.05) is 44.1 Å². The van der Waals surface area contributed by atoms with Crippen molar-refractivity contribution in [2.75, 3.05) is 19.6 Å². The molecule has 31 heavy (non-hydrogen) atoms. The Kier molecular flexibility index (Phi) is 10.2. The summed E-state index contributed by atoms with van der Waals surface area (Å²) in [5, 5.41) is 2.94. The Labute approximate surface area is 192 Å². The highest BCUT2D eigenvalue weighted by molar-refractivity contribution is 5.98. The number of Topliss-reactive ketones (excluding diaryl/α,β-unsaturated/α-hetero) is 1. The first kappa shape index (κ1) is 25.1. The van der Waals surface area contributed by atoms with Gasteiger partial charge in [-0.3, -0.25) is 9.59 Å². The van der Waals surface area contributed by atoms with Gasteiger partial charge >= 0.3 is 0 Å². The van der Waals surface area contributed by atoms with Crippen molar-refractivity contribution in [3.05, 3.63) is 70.8 Å². The molecule has 0 saturated carbocycles. The minimum absolute atomic E-state index is 0. The van der Waals surface area contributed by atoms with Crippen molar-refractivity contribution in [1.82, 2.24) is 10.2 Å². The number of carbonyl (C=O) groups excluding carboxylic acids is 2. The molecule has 0 radical (unpaired) electrons. The predicted molar refractivity (Wildman–Crippen MR) is 129 cm³/mol. The normalized spacial score (nSPS) is 13.8. The van der Waals surface area contributed by atoms with Gasteiger partial charge in [0.1, 0.15) is 0 Å². The van der Waals surface area contributed by atoms with Crippen LogP contribution >= 0.6 is 12.4 Å². The summed E-state index contributed by atoms with van der Waals surface area (Å²) in [6, 6.07) is 16.9. The van der Waals surface area contributed by atoms with E-state index in [9.17, 15) is 9.59 Å². The topological polar surface area (TPSA) is 49.4 Å². The number of aryl methyl sites for hydroxylation is 1. The van der Waals surface area contributed by atoms with Crippen molar-refractivity contribution in [1.29, 1.82) is 0 Å². The molecule has 4 nitrogen and oxygen atoms in total. The van der Waals surface area contributed by atoms with E-state index in [0.717, 1.165) is 44.3 Å². The highest BCUT2D eigenvalue weighted by atomic mass is 35.5. The second-order valence-electron chi connectivity index (χ2n) is 8.48. The highest BCUT2D eigenvalue weighted by Gasteiger charge is 2.18. The number of halogens is 1. The third kappa shape index (κ3) is 7.79. The van der Waals surface area contributed by atoms with E-state index < -0.39 is 0 Å². The molecule has 5 heteroatoms. The van der Waals surface area contributed by atoms with Crippen LogP contribution in [0.1, 0.15) is 60.2 Å². The fourth-order valence-electron chi connectivity index (χ4n) is 4.06. The first-order valence-electron chi connectivity index (χ1n) is 11.2. The molecule has 2 aromatic rings. The van der Waals surface area contributed by atoms with Crippen LogP contribution in [0.2, 0.25) is 0 Å². The van der Waals surface area contributed by atoms with Crippen LogP contribution < -0.4 is 5.32 Å². The molecule has 1 amide bonds. The summed E-state index contributed by atoms with van der Waals surface area (Å²) in [5.74, 6) is 0.0148. The SMILES string of the molecule is CC(C)N1CCc2ccc(C(=O)CCC(=O)NCCCc3ccccc3)cc2CC1.Cl. The average molecular weight is 443 g/mol. The third-order valence-electron chi connectivity index (χ3n) is 5.98. The first-order valence-corrected chi connectivity index (χ1v) is 11.2. The standard InChI is InChI=1S/C26H34N2O2.ClH/c1-20(2)28-17-14-22-10-11-24(19-23(22)15-18-28)25(29)12-13-26(30)27-16-6-9-21-7-4-3-5-8-21;/h3-5,7-8,10-11,19-20H,6,9,12-18H2,1-2H3,(H,27,30);1H. The molecule has 0 aromatic heterocycles. The maximum atomic E-state index is 12.6. The molecule has 0 atom stereocenters. The lowest BCUT2D eigenvalue weighted by atomic mass is 9.97. The largest absolute Gasteiger partial charge is 0.356 e. The van der Waals surface area contributed by atoms with Crippen LogP contribution in [0.5, 0.6) is 0 Å². The lowest BCUT2D eigenvalue weighted by molar-refractivity contribution is -0.121. The second-order valence-corrected chi connectivity index (χ2v) is 8.48. The van der Waals surface area contributed by atoms with Gasteiger partial charge < -0.3 is 10.2 Å². The van der Waals surface area contributed by atoms with E-state index in [1.807, 2.05) is 24.3 Å². The van der Waals surface area contributed by atoms with Gasteiger partial charge in [0.25, 0.3) is 0 Å². The van der Waals surface area contributed by atoms with E-state index >= 15 is 0 Å². The van der Waals surface area contributed by atoms with E-state index in [1.54, 1.807) is 0 Å². The Balaban J connectivity index is 0.00000341. The minimum Gasteiger partial charge on any atom is -0.356 e. The average Bonchev–Trinajstić information content (AvgIpc) is 2.98. The molecule has 0 saturated heterocycles. The van der Waals surface area contributed by atoms with E-state index in [2.05, 4.69) is 48.3 Å². The van der Waals surface area contributed by atoms with Crippen molar-refractivity contribution in [3.63, 3.8) is 0 Å². The van der Waals surface area contributed by atoms with Gasteiger partial charge in [-0.1, -0.05) is 42.5 Å². The van der Waals surface area contributed by atoms with Crippen LogP contribution in [-0.4, -0.2) is 42.3 Å². The minimum atomic E-state index is -0.0428. The van der Waals surface area contributed by atoms with Crippen molar-refractivity contribution in [2.45, 2.75) is 58.4 Å². The van der Waals surface area contributed by atoms with Crippen molar-refractivity contribution >= 4 is 24.1 Å². The molecule has 1 heterocycles. The molecule has 0 bridgehead atoms. The maximum absolute atomic E-state index is 12.6. The van der Waals surface area contributed by atoms with Gasteiger partial charge in [0.2, 0.25) is 5.91 Å². The molecular formula is C26H35ClN2O2. The molecule has 1 aliphatic rings. The fraction of sp³-hybridized carbons (Fsp3) is 0.462. The van der Waals surface area contributed by atoms with Crippen LogP contribution in [0.15, 0.2) is 48.5 Å². The first-order chi connectivity index (χ1) is 14.5. The van der Waals surface area contributed by atoms with Crippen molar-refractivity contribution in [2.24, 2.45) is 0 Å². The quantitative estimate of drug-likeness (QED) is 0.455. The summed E-state index contributed by atoms with van der Waals surface area (Å²) in [4.78, 5) is 27.2. The molecule has 1 N–H and O–H groups in total. The lowest BCUT2D eigenvalue weighted by Gasteiger charge is -2.23. The van der Waals surface area contributed by atoms with E-state index in [1.165, 1.54) is 16.7 Å². The molecule has 0 aliphatic carbocycles. The van der Waals surface area contributed by atoms with Crippen LogP contribution in [0.4, 0.5) is 0 Å².